The van der Waals surface area contributed by atoms with E-state index in [9.17, 15) is 17.6 Å². The Labute approximate surface area is 82.2 Å². The molecule has 0 aliphatic carbocycles. The highest BCUT2D eigenvalue weighted by Crippen LogP contribution is 2.33. The minimum atomic E-state index is -4.73. The summed E-state index contributed by atoms with van der Waals surface area (Å²) < 4.78 is 53.7. The summed E-state index contributed by atoms with van der Waals surface area (Å²) in [5.74, 6) is -1.45. The molecule has 0 unspecified atom stereocenters. The number of halogens is 5. The summed E-state index contributed by atoms with van der Waals surface area (Å²) in [6.07, 6.45) is -4.73. The van der Waals surface area contributed by atoms with Gasteiger partial charge in [-0.05, 0) is 18.2 Å². The van der Waals surface area contributed by atoms with Crippen LogP contribution in [0.15, 0.2) is 18.2 Å². The standard InChI is InChI=1S/C8H5ClF4O/c9-4-14-5-1-2-7(10)6(3-5)8(11,12)13/h1-3H,4H2. The Bertz CT molecular complexity index is 324. The van der Waals surface area contributed by atoms with Crippen molar-refractivity contribution in [1.29, 1.82) is 0 Å². The van der Waals surface area contributed by atoms with Crippen LogP contribution in [0.4, 0.5) is 17.6 Å². The first kappa shape index (κ1) is 11.1. The number of hydrogen-bond donors (Lipinski definition) is 0. The van der Waals surface area contributed by atoms with E-state index in [-0.39, 0.29) is 11.8 Å². The Morgan fingerprint density at radius 2 is 1.93 bits per heavy atom. The van der Waals surface area contributed by atoms with Crippen molar-refractivity contribution in [3.8, 4) is 5.75 Å². The van der Waals surface area contributed by atoms with Crippen LogP contribution in [0.1, 0.15) is 5.56 Å². The maximum absolute atomic E-state index is 12.7. The fourth-order valence-corrected chi connectivity index (χ4v) is 1.00. The number of ether oxygens (including phenoxy) is 1. The molecule has 0 amide bonds. The van der Waals surface area contributed by atoms with Crippen molar-refractivity contribution in [3.05, 3.63) is 29.6 Å². The van der Waals surface area contributed by atoms with Gasteiger partial charge < -0.3 is 4.74 Å². The van der Waals surface area contributed by atoms with Crippen molar-refractivity contribution in [2.24, 2.45) is 0 Å². The van der Waals surface area contributed by atoms with Crippen molar-refractivity contribution in [2.45, 2.75) is 6.18 Å². The average molecular weight is 229 g/mol. The quantitative estimate of drug-likeness (QED) is 0.557. The van der Waals surface area contributed by atoms with Gasteiger partial charge in [-0.1, -0.05) is 11.6 Å². The molecule has 0 aliphatic heterocycles. The molecule has 1 aromatic carbocycles. The minimum Gasteiger partial charge on any atom is -0.478 e. The molecule has 78 valence electrons. The normalized spacial score (nSPS) is 11.5. The zero-order valence-electron chi connectivity index (χ0n) is 6.74. The van der Waals surface area contributed by atoms with Crippen LogP contribution in [0.25, 0.3) is 0 Å². The first-order chi connectivity index (χ1) is 6.45. The van der Waals surface area contributed by atoms with E-state index in [0.717, 1.165) is 6.07 Å². The molecular formula is C8H5ClF4O. The maximum atomic E-state index is 12.7. The summed E-state index contributed by atoms with van der Waals surface area (Å²) >= 11 is 5.15. The van der Waals surface area contributed by atoms with Gasteiger partial charge in [0.05, 0.1) is 5.56 Å². The lowest BCUT2D eigenvalue weighted by molar-refractivity contribution is -0.140. The van der Waals surface area contributed by atoms with E-state index in [1.165, 1.54) is 0 Å². The second-order valence-corrected chi connectivity index (χ2v) is 2.61. The predicted molar refractivity (Wildman–Crippen MR) is 42.8 cm³/mol. The second-order valence-electron chi connectivity index (χ2n) is 2.39. The summed E-state index contributed by atoms with van der Waals surface area (Å²) in [4.78, 5) is 0. The SMILES string of the molecule is Fc1ccc(OCCl)cc1C(F)(F)F. The van der Waals surface area contributed by atoms with E-state index in [0.29, 0.717) is 12.1 Å². The molecule has 14 heavy (non-hydrogen) atoms. The molecule has 0 bridgehead atoms. The van der Waals surface area contributed by atoms with Gasteiger partial charge in [0.1, 0.15) is 11.6 Å². The largest absolute Gasteiger partial charge is 0.478 e. The lowest BCUT2D eigenvalue weighted by atomic mass is 10.2. The highest BCUT2D eigenvalue weighted by atomic mass is 35.5. The topological polar surface area (TPSA) is 9.23 Å². The molecule has 6 heteroatoms. The van der Waals surface area contributed by atoms with E-state index < -0.39 is 17.6 Å². The highest BCUT2D eigenvalue weighted by molar-refractivity contribution is 6.17. The number of hydrogen-bond acceptors (Lipinski definition) is 1. The van der Waals surface area contributed by atoms with Gasteiger partial charge in [-0.3, -0.25) is 0 Å². The smallest absolute Gasteiger partial charge is 0.419 e. The molecule has 0 aromatic heterocycles. The van der Waals surface area contributed by atoms with E-state index in [2.05, 4.69) is 4.74 Å². The van der Waals surface area contributed by atoms with Gasteiger partial charge in [-0.15, -0.1) is 0 Å². The minimum absolute atomic E-state index is 0.117. The molecular weight excluding hydrogens is 224 g/mol. The molecule has 0 spiro atoms. The van der Waals surface area contributed by atoms with Gasteiger partial charge in [0.25, 0.3) is 0 Å². The van der Waals surface area contributed by atoms with Crippen molar-refractivity contribution in [2.75, 3.05) is 6.07 Å². The third kappa shape index (κ3) is 2.51. The predicted octanol–water partition coefficient (Wildman–Crippen LogP) is 3.42. The van der Waals surface area contributed by atoms with Crippen LogP contribution in [0.2, 0.25) is 0 Å². The molecule has 0 radical (unpaired) electrons. The summed E-state index contributed by atoms with van der Waals surface area (Å²) in [5.41, 5.74) is -1.36. The second kappa shape index (κ2) is 4.04. The number of benzene rings is 1. The molecule has 1 nitrogen and oxygen atoms in total. The van der Waals surface area contributed by atoms with Crippen molar-refractivity contribution in [1.82, 2.24) is 0 Å². The highest BCUT2D eigenvalue weighted by Gasteiger charge is 2.34. The average Bonchev–Trinajstić information content (AvgIpc) is 2.07. The van der Waals surface area contributed by atoms with E-state index >= 15 is 0 Å². The zero-order valence-corrected chi connectivity index (χ0v) is 7.49. The monoisotopic (exact) mass is 228 g/mol. The van der Waals surface area contributed by atoms with Crippen LogP contribution in [0.3, 0.4) is 0 Å². The third-order valence-corrected chi connectivity index (χ3v) is 1.57. The fourth-order valence-electron chi connectivity index (χ4n) is 0.874. The molecule has 1 aromatic rings. The first-order valence-electron chi connectivity index (χ1n) is 3.50. The molecule has 0 fully saturated rings. The molecule has 0 saturated heterocycles. The Morgan fingerprint density at radius 1 is 1.29 bits per heavy atom. The molecule has 0 aliphatic rings. The lowest BCUT2D eigenvalue weighted by Crippen LogP contribution is -2.08. The Balaban J connectivity index is 3.09. The van der Waals surface area contributed by atoms with Gasteiger partial charge in [0.15, 0.2) is 6.07 Å². The van der Waals surface area contributed by atoms with Gasteiger partial charge >= 0.3 is 6.18 Å². The van der Waals surface area contributed by atoms with Gasteiger partial charge in [-0.2, -0.15) is 13.2 Å². The summed E-state index contributed by atoms with van der Waals surface area (Å²) in [6, 6.07) is 2.04. The number of alkyl halides is 4. The van der Waals surface area contributed by atoms with Crippen LogP contribution in [0.5, 0.6) is 5.75 Å². The maximum Gasteiger partial charge on any atom is 0.419 e. The number of rotatable bonds is 2. The summed E-state index contributed by atoms with van der Waals surface area (Å²) in [5, 5.41) is 0. The van der Waals surface area contributed by atoms with Crippen LogP contribution in [-0.4, -0.2) is 6.07 Å². The lowest BCUT2D eigenvalue weighted by Gasteiger charge is -2.09. The van der Waals surface area contributed by atoms with Crippen LogP contribution in [0, 0.1) is 5.82 Å². The first-order valence-corrected chi connectivity index (χ1v) is 4.04. The van der Waals surface area contributed by atoms with Crippen LogP contribution in [-0.2, 0) is 6.18 Å². The fraction of sp³-hybridized carbons (Fsp3) is 0.250. The van der Waals surface area contributed by atoms with Crippen LogP contribution >= 0.6 is 11.6 Å². The van der Waals surface area contributed by atoms with E-state index in [1.807, 2.05) is 0 Å². The van der Waals surface area contributed by atoms with Gasteiger partial charge in [-0.25, -0.2) is 4.39 Å². The third-order valence-electron chi connectivity index (χ3n) is 1.46. The van der Waals surface area contributed by atoms with Crippen molar-refractivity contribution >= 4 is 11.6 Å². The Kier molecular flexibility index (Phi) is 3.21. The Morgan fingerprint density at radius 3 is 2.43 bits per heavy atom. The van der Waals surface area contributed by atoms with Gasteiger partial charge in [0, 0.05) is 0 Å². The molecule has 0 atom stereocenters. The molecule has 0 N–H and O–H groups in total. The van der Waals surface area contributed by atoms with Crippen molar-refractivity contribution in [3.63, 3.8) is 0 Å². The molecule has 1 rings (SSSR count). The summed E-state index contributed by atoms with van der Waals surface area (Å²) in [6.45, 7) is 0. The van der Waals surface area contributed by atoms with E-state index in [1.54, 1.807) is 0 Å². The molecule has 0 saturated carbocycles. The Hall–Kier alpha value is -0.970. The van der Waals surface area contributed by atoms with Crippen molar-refractivity contribution < 1.29 is 22.3 Å². The van der Waals surface area contributed by atoms with Gasteiger partial charge in [0.2, 0.25) is 0 Å². The molecule has 0 heterocycles. The van der Waals surface area contributed by atoms with E-state index in [4.69, 9.17) is 11.6 Å². The van der Waals surface area contributed by atoms with Crippen LogP contribution < -0.4 is 4.74 Å². The zero-order chi connectivity index (χ0) is 10.8. The summed E-state index contributed by atoms with van der Waals surface area (Å²) in [7, 11) is 0.